The number of hydrogen-bond donors (Lipinski definition) is 3. The predicted octanol–water partition coefficient (Wildman–Crippen LogP) is 4.47. The van der Waals surface area contributed by atoms with Gasteiger partial charge in [0.1, 0.15) is 11.7 Å². The van der Waals surface area contributed by atoms with Gasteiger partial charge in [-0.2, -0.15) is 0 Å². The monoisotopic (exact) mass is 576 g/mol. The predicted molar refractivity (Wildman–Crippen MR) is 143 cm³/mol. The van der Waals surface area contributed by atoms with Crippen molar-refractivity contribution in [3.63, 3.8) is 0 Å². The molecule has 0 aliphatic heterocycles. The molecule has 8 nitrogen and oxygen atoms in total. The van der Waals surface area contributed by atoms with E-state index in [4.69, 9.17) is 19.2 Å². The molecule has 0 saturated heterocycles. The van der Waals surface area contributed by atoms with E-state index in [1.54, 1.807) is 7.11 Å². The molecular weight excluding hydrogens is 535 g/mol. The van der Waals surface area contributed by atoms with Crippen LogP contribution in [0.4, 0.5) is 4.79 Å². The molecule has 1 unspecified atom stereocenters. The van der Waals surface area contributed by atoms with Gasteiger partial charge in [0.05, 0.1) is 13.7 Å². The van der Waals surface area contributed by atoms with Crippen molar-refractivity contribution in [1.29, 1.82) is 0 Å². The minimum Gasteiger partial charge on any atom is -0.493 e. The van der Waals surface area contributed by atoms with E-state index in [1.807, 2.05) is 58.9 Å². The van der Waals surface area contributed by atoms with Crippen LogP contribution in [0.15, 0.2) is 29.3 Å². The molecule has 33 heavy (non-hydrogen) atoms. The molecular formula is C24H41IN4O4. The maximum atomic E-state index is 12.0. The number of nitrogens with zero attached hydrogens (tertiary/aromatic N) is 1. The Bertz CT molecular complexity index is 746. The third-order valence-corrected chi connectivity index (χ3v) is 5.04. The van der Waals surface area contributed by atoms with E-state index in [-0.39, 0.29) is 42.2 Å². The normalized spacial score (nSPS) is 19.5. The number of guanidine groups is 1. The van der Waals surface area contributed by atoms with E-state index in [1.165, 1.54) is 0 Å². The number of rotatable bonds is 8. The minimum atomic E-state index is -0.480. The number of hydrogen-bond acceptors (Lipinski definition) is 5. The number of aliphatic imine (C=N–C) groups is 1. The van der Waals surface area contributed by atoms with Crippen LogP contribution in [-0.4, -0.2) is 56.0 Å². The molecule has 0 bridgehead atoms. The lowest BCUT2D eigenvalue weighted by molar-refractivity contribution is 0.0490. The number of alkyl carbamates (subject to hydrolysis) is 1. The number of ether oxygens (including phenoxy) is 3. The van der Waals surface area contributed by atoms with Gasteiger partial charge in [-0.15, -0.1) is 24.0 Å². The highest BCUT2D eigenvalue weighted by atomic mass is 127. The molecule has 0 radical (unpaired) electrons. The van der Waals surface area contributed by atoms with E-state index in [0.29, 0.717) is 24.1 Å². The summed E-state index contributed by atoms with van der Waals surface area (Å²) in [4.78, 5) is 16.7. The molecule has 0 aromatic heterocycles. The Morgan fingerprint density at radius 2 is 1.67 bits per heavy atom. The number of para-hydroxylation sites is 2. The fraction of sp³-hybridized carbons (Fsp3) is 0.667. The summed E-state index contributed by atoms with van der Waals surface area (Å²) in [5, 5.41) is 9.82. The summed E-state index contributed by atoms with van der Waals surface area (Å²) < 4.78 is 16.7. The van der Waals surface area contributed by atoms with E-state index < -0.39 is 5.60 Å². The fourth-order valence-corrected chi connectivity index (χ4v) is 3.56. The van der Waals surface area contributed by atoms with Crippen LogP contribution in [0.3, 0.4) is 0 Å². The molecule has 1 atom stereocenters. The highest BCUT2D eigenvalue weighted by Crippen LogP contribution is 2.26. The molecule has 1 aliphatic rings. The van der Waals surface area contributed by atoms with Crippen molar-refractivity contribution in [2.24, 2.45) is 4.99 Å². The standard InChI is InChI=1S/C24H40N4O4.HI/c1-7-25-22(26-16-17(2)31-21-11-9-8-10-20(21)30-6)27-18-12-14-19(15-13-18)28-23(29)32-24(3,4)5;/h8-11,17-19H,7,12-16H2,1-6H3,(H,28,29)(H2,25,26,27);1H. The van der Waals surface area contributed by atoms with Gasteiger partial charge >= 0.3 is 6.09 Å². The van der Waals surface area contributed by atoms with Crippen LogP contribution in [0.5, 0.6) is 11.5 Å². The molecule has 188 valence electrons. The Kier molecular flexibility index (Phi) is 12.7. The van der Waals surface area contributed by atoms with Crippen molar-refractivity contribution >= 4 is 36.0 Å². The molecule has 1 aromatic rings. The first-order valence-electron chi connectivity index (χ1n) is 11.5. The fourth-order valence-electron chi connectivity index (χ4n) is 3.56. The molecule has 0 spiro atoms. The van der Waals surface area contributed by atoms with Crippen LogP contribution in [-0.2, 0) is 4.74 Å². The average Bonchev–Trinajstić information content (AvgIpc) is 2.72. The Labute approximate surface area is 215 Å². The summed E-state index contributed by atoms with van der Waals surface area (Å²) in [7, 11) is 1.63. The first-order valence-corrected chi connectivity index (χ1v) is 11.5. The smallest absolute Gasteiger partial charge is 0.407 e. The van der Waals surface area contributed by atoms with Gasteiger partial charge < -0.3 is 30.2 Å². The molecule has 3 N–H and O–H groups in total. The van der Waals surface area contributed by atoms with Crippen LogP contribution in [0.25, 0.3) is 0 Å². The second-order valence-electron chi connectivity index (χ2n) is 9.14. The molecule has 1 saturated carbocycles. The number of carbonyl (C=O) groups is 1. The summed E-state index contributed by atoms with van der Waals surface area (Å²) >= 11 is 0. The van der Waals surface area contributed by atoms with Gasteiger partial charge in [-0.3, -0.25) is 0 Å². The van der Waals surface area contributed by atoms with Crippen molar-refractivity contribution < 1.29 is 19.0 Å². The highest BCUT2D eigenvalue weighted by Gasteiger charge is 2.25. The van der Waals surface area contributed by atoms with Gasteiger partial charge in [0.25, 0.3) is 0 Å². The van der Waals surface area contributed by atoms with Gasteiger partial charge in [-0.25, -0.2) is 9.79 Å². The zero-order chi connectivity index (χ0) is 23.6. The van der Waals surface area contributed by atoms with E-state index in [9.17, 15) is 4.79 Å². The Morgan fingerprint density at radius 3 is 2.21 bits per heavy atom. The summed E-state index contributed by atoms with van der Waals surface area (Å²) in [6.07, 6.45) is 3.28. The number of nitrogens with one attached hydrogen (secondary N) is 3. The van der Waals surface area contributed by atoms with Gasteiger partial charge in [0.2, 0.25) is 0 Å². The molecule has 1 amide bonds. The van der Waals surface area contributed by atoms with Crippen LogP contribution >= 0.6 is 24.0 Å². The van der Waals surface area contributed by atoms with Crippen LogP contribution in [0.1, 0.15) is 60.3 Å². The van der Waals surface area contributed by atoms with Crippen molar-refractivity contribution in [1.82, 2.24) is 16.0 Å². The maximum Gasteiger partial charge on any atom is 0.407 e. The van der Waals surface area contributed by atoms with Gasteiger partial charge in [-0.05, 0) is 72.4 Å². The molecule has 1 fully saturated rings. The number of amides is 1. The van der Waals surface area contributed by atoms with E-state index in [2.05, 4.69) is 16.0 Å². The maximum absolute atomic E-state index is 12.0. The lowest BCUT2D eigenvalue weighted by Gasteiger charge is -2.31. The molecule has 1 aliphatic carbocycles. The second kappa shape index (κ2) is 14.4. The van der Waals surface area contributed by atoms with Crippen molar-refractivity contribution in [3.8, 4) is 11.5 Å². The summed E-state index contributed by atoms with van der Waals surface area (Å²) in [5.41, 5.74) is -0.480. The number of methoxy groups -OCH3 is 1. The zero-order valence-corrected chi connectivity index (χ0v) is 23.1. The SMILES string of the molecule is CCNC(=NCC(C)Oc1ccccc1OC)NC1CCC(NC(=O)OC(C)(C)C)CC1.I. The number of carbonyl (C=O) groups excluding carboxylic acids is 1. The third-order valence-electron chi connectivity index (χ3n) is 5.04. The third kappa shape index (κ3) is 11.2. The van der Waals surface area contributed by atoms with Crippen molar-refractivity contribution in [2.75, 3.05) is 20.2 Å². The molecule has 1 aromatic carbocycles. The second-order valence-corrected chi connectivity index (χ2v) is 9.14. The average molecular weight is 577 g/mol. The summed E-state index contributed by atoms with van der Waals surface area (Å²) in [5.74, 6) is 2.21. The highest BCUT2D eigenvalue weighted by molar-refractivity contribution is 14.0. The largest absolute Gasteiger partial charge is 0.493 e. The van der Waals surface area contributed by atoms with Crippen molar-refractivity contribution in [2.45, 2.75) is 84.1 Å². The quantitative estimate of drug-likeness (QED) is 0.240. The van der Waals surface area contributed by atoms with E-state index in [0.717, 1.165) is 38.2 Å². The van der Waals surface area contributed by atoms with Crippen molar-refractivity contribution in [3.05, 3.63) is 24.3 Å². The van der Waals surface area contributed by atoms with Crippen LogP contribution < -0.4 is 25.4 Å². The topological polar surface area (TPSA) is 93.2 Å². The molecule has 9 heteroatoms. The summed E-state index contributed by atoms with van der Waals surface area (Å²) in [6, 6.07) is 8.08. The Morgan fingerprint density at radius 1 is 1.09 bits per heavy atom. The number of halogens is 1. The summed E-state index contributed by atoms with van der Waals surface area (Å²) in [6.45, 7) is 11.0. The van der Waals surface area contributed by atoms with Gasteiger partial charge in [0, 0.05) is 18.6 Å². The van der Waals surface area contributed by atoms with E-state index >= 15 is 0 Å². The molecule has 2 rings (SSSR count). The Hall–Kier alpha value is -1.91. The zero-order valence-electron chi connectivity index (χ0n) is 20.8. The number of benzene rings is 1. The lowest BCUT2D eigenvalue weighted by Crippen LogP contribution is -2.48. The lowest BCUT2D eigenvalue weighted by atomic mass is 9.91. The first kappa shape index (κ1) is 29.1. The molecule has 0 heterocycles. The van der Waals surface area contributed by atoms with Gasteiger partial charge in [0.15, 0.2) is 17.5 Å². The first-order chi connectivity index (χ1) is 15.2. The Balaban J connectivity index is 0.00000544. The van der Waals surface area contributed by atoms with Crippen LogP contribution in [0.2, 0.25) is 0 Å². The minimum absolute atomic E-state index is 0. The van der Waals surface area contributed by atoms with Crippen LogP contribution in [0, 0.1) is 0 Å². The van der Waals surface area contributed by atoms with Gasteiger partial charge in [-0.1, -0.05) is 12.1 Å².